The Kier molecular flexibility index (Phi) is 18.1. The highest BCUT2D eigenvalue weighted by Crippen LogP contribution is 2.21. The first-order valence-corrected chi connectivity index (χ1v) is 11.8. The summed E-state index contributed by atoms with van der Waals surface area (Å²) in [6.07, 6.45) is 7.01. The van der Waals surface area contributed by atoms with Crippen LogP contribution in [0.3, 0.4) is 0 Å². The Hall–Kier alpha value is 0.532. The van der Waals surface area contributed by atoms with Crippen LogP contribution in [-0.4, -0.2) is 14.1 Å². The lowest BCUT2D eigenvalue weighted by atomic mass is 10.2. The molecule has 0 amide bonds. The first-order valence-electron chi connectivity index (χ1n) is 9.33. The minimum atomic E-state index is -0.407. The fourth-order valence-electron chi connectivity index (χ4n) is 2.97. The van der Waals surface area contributed by atoms with Gasteiger partial charge < -0.3 is 0 Å². The van der Waals surface area contributed by atoms with Crippen LogP contribution in [0.4, 0.5) is 0 Å². The molecule has 1 heteroatoms. The van der Waals surface area contributed by atoms with E-state index in [-0.39, 0.29) is 0 Å². The predicted molar refractivity (Wildman–Crippen MR) is 99.1 cm³/mol. The van der Waals surface area contributed by atoms with Crippen molar-refractivity contribution in [2.24, 2.45) is 17.8 Å². The highest BCUT2D eigenvalue weighted by atomic mass is 27.2. The van der Waals surface area contributed by atoms with Crippen molar-refractivity contribution in [2.75, 3.05) is 0 Å². The summed E-state index contributed by atoms with van der Waals surface area (Å²) in [6.45, 7) is 18.7. The van der Waals surface area contributed by atoms with E-state index in [1.54, 1.807) is 15.8 Å². The van der Waals surface area contributed by atoms with E-state index in [9.17, 15) is 0 Å². The van der Waals surface area contributed by atoms with Crippen LogP contribution in [0.2, 0.25) is 15.8 Å². The van der Waals surface area contributed by atoms with Crippen molar-refractivity contribution >= 4 is 14.1 Å². The van der Waals surface area contributed by atoms with Gasteiger partial charge in [-0.3, -0.25) is 0 Å². The maximum absolute atomic E-state index is 2.38. The van der Waals surface area contributed by atoms with Crippen molar-refractivity contribution in [1.29, 1.82) is 0 Å². The molecule has 0 rings (SSSR count). The van der Waals surface area contributed by atoms with Gasteiger partial charge in [0.15, 0.2) is 0 Å². The number of rotatable bonds is 10. The van der Waals surface area contributed by atoms with Gasteiger partial charge in [-0.05, 0) is 0 Å². The van der Waals surface area contributed by atoms with Crippen LogP contribution in [0.15, 0.2) is 0 Å². The molecule has 0 N–H and O–H groups in total. The molecule has 0 aliphatic heterocycles. The monoisotopic (exact) mass is 298 g/mol. The van der Waals surface area contributed by atoms with Crippen molar-refractivity contribution < 1.29 is 0 Å². The molecule has 0 aliphatic rings. The zero-order valence-corrected chi connectivity index (χ0v) is 17.1. The van der Waals surface area contributed by atoms with Crippen LogP contribution >= 0.6 is 0 Å². The summed E-state index contributed by atoms with van der Waals surface area (Å²) in [4.78, 5) is 0. The molecule has 0 aliphatic carbocycles. The third-order valence-electron chi connectivity index (χ3n) is 3.62. The molecule has 20 heavy (non-hydrogen) atoms. The maximum atomic E-state index is 2.38. The Morgan fingerprint density at radius 1 is 0.550 bits per heavy atom. The van der Waals surface area contributed by atoms with Crippen LogP contribution in [0.25, 0.3) is 0 Å². The first kappa shape index (κ1) is 22.8. The highest BCUT2D eigenvalue weighted by Gasteiger charge is 2.20. The maximum Gasteiger partial charge on any atom is 0.262 e. The smallest absolute Gasteiger partial charge is 0.0915 e. The normalized spacial score (nSPS) is 10.9. The van der Waals surface area contributed by atoms with Crippen LogP contribution < -0.4 is 0 Å². The third-order valence-corrected chi connectivity index (χ3v) is 8.45. The van der Waals surface area contributed by atoms with Gasteiger partial charge in [0.2, 0.25) is 0 Å². The fraction of sp³-hybridized carbons (Fsp3) is 1.00. The van der Waals surface area contributed by atoms with Crippen molar-refractivity contribution in [1.82, 2.24) is 0 Å². The van der Waals surface area contributed by atoms with Crippen molar-refractivity contribution in [3.63, 3.8) is 0 Å². The molecule has 0 saturated carbocycles. The molecule has 0 spiro atoms. The van der Waals surface area contributed by atoms with Gasteiger partial charge in [-0.1, -0.05) is 121 Å². The van der Waals surface area contributed by atoms with E-state index in [2.05, 4.69) is 55.4 Å². The summed E-state index contributed by atoms with van der Waals surface area (Å²) < 4.78 is 0. The quantitative estimate of drug-likeness (QED) is 0.290. The molecule has 0 nitrogen and oxygen atoms in total. The predicted octanol–water partition coefficient (Wildman–Crippen LogP) is 7.43. The van der Waals surface area contributed by atoms with Gasteiger partial charge in [0.1, 0.15) is 0 Å². The van der Waals surface area contributed by atoms with E-state index in [1.165, 1.54) is 32.1 Å². The summed E-state index contributed by atoms with van der Waals surface area (Å²) in [7, 11) is 0. The molecule has 0 aromatic rings. The molecule has 0 unspecified atom stereocenters. The molecule has 0 radical (unpaired) electrons. The second-order valence-corrected chi connectivity index (χ2v) is 11.0. The molecule has 0 fully saturated rings. The number of hydrogen-bond acceptors (Lipinski definition) is 0. The van der Waals surface area contributed by atoms with Gasteiger partial charge in [0.05, 0.1) is 0 Å². The summed E-state index contributed by atoms with van der Waals surface area (Å²) >= 11 is -0.407. The SMILES string of the molecule is CC(C)[CH2][Al]([CH2]C(C)C)[CH2]C(C)C.CCCCCCC. The molecule has 0 saturated heterocycles. The molecule has 0 aromatic carbocycles. The molecule has 0 aromatic heterocycles. The lowest BCUT2D eigenvalue weighted by Crippen LogP contribution is -2.19. The van der Waals surface area contributed by atoms with Gasteiger partial charge in [-0.15, -0.1) is 0 Å². The topological polar surface area (TPSA) is 0 Å². The van der Waals surface area contributed by atoms with Crippen LogP contribution in [-0.2, 0) is 0 Å². The summed E-state index contributed by atoms with van der Waals surface area (Å²) in [5.41, 5.74) is 0. The Balaban J connectivity index is 0. The molecule has 0 heterocycles. The van der Waals surface area contributed by atoms with Crippen molar-refractivity contribution in [3.05, 3.63) is 0 Å². The average molecular weight is 299 g/mol. The van der Waals surface area contributed by atoms with Gasteiger partial charge >= 0.3 is 0 Å². The second-order valence-electron chi connectivity index (χ2n) is 7.82. The highest BCUT2D eigenvalue weighted by molar-refractivity contribution is 6.58. The van der Waals surface area contributed by atoms with Crippen molar-refractivity contribution in [3.8, 4) is 0 Å². The Morgan fingerprint density at radius 3 is 1.05 bits per heavy atom. The van der Waals surface area contributed by atoms with E-state index >= 15 is 0 Å². The fourth-order valence-corrected chi connectivity index (χ4v) is 7.54. The first-order chi connectivity index (χ1) is 9.33. The van der Waals surface area contributed by atoms with E-state index in [0.29, 0.717) is 0 Å². The number of unbranched alkanes of at least 4 members (excludes halogenated alkanes) is 4. The zero-order valence-electron chi connectivity index (χ0n) is 16.0. The molecular formula is C19H43Al. The third kappa shape index (κ3) is 20.8. The molecule has 0 bridgehead atoms. The summed E-state index contributed by atoms with van der Waals surface area (Å²) in [5, 5.41) is 4.66. The van der Waals surface area contributed by atoms with Gasteiger partial charge in [0.25, 0.3) is 14.1 Å². The lowest BCUT2D eigenvalue weighted by Gasteiger charge is -2.17. The molecule has 0 atom stereocenters. The Bertz CT molecular complexity index is 145. The average Bonchev–Trinajstić information content (AvgIpc) is 2.27. The van der Waals surface area contributed by atoms with Crippen LogP contribution in [0, 0.1) is 17.8 Å². The zero-order chi connectivity index (χ0) is 16.0. The van der Waals surface area contributed by atoms with Gasteiger partial charge in [-0.25, -0.2) is 0 Å². The van der Waals surface area contributed by atoms with Crippen LogP contribution in [0.5, 0.6) is 0 Å². The summed E-state index contributed by atoms with van der Waals surface area (Å²) in [5.74, 6) is 2.78. The van der Waals surface area contributed by atoms with E-state index in [0.717, 1.165) is 17.8 Å². The Morgan fingerprint density at radius 2 is 0.850 bits per heavy atom. The lowest BCUT2D eigenvalue weighted by molar-refractivity contribution is 0.656. The van der Waals surface area contributed by atoms with Gasteiger partial charge in [-0.2, -0.15) is 0 Å². The van der Waals surface area contributed by atoms with E-state index < -0.39 is 14.1 Å². The molecule has 122 valence electrons. The minimum Gasteiger partial charge on any atom is -0.0915 e. The standard InChI is InChI=1S/C7H16.3C4H9.Al/c1-3-5-7-6-4-2;3*1-4(2)3;/h3-7H2,1-2H3;3*4H,1H2,2-3H3;. The Labute approximate surface area is 135 Å². The molecular weight excluding hydrogens is 255 g/mol. The van der Waals surface area contributed by atoms with E-state index in [1.807, 2.05) is 0 Å². The van der Waals surface area contributed by atoms with Gasteiger partial charge in [0, 0.05) is 0 Å². The van der Waals surface area contributed by atoms with Crippen LogP contribution in [0.1, 0.15) is 87.5 Å². The van der Waals surface area contributed by atoms with E-state index in [4.69, 9.17) is 0 Å². The largest absolute Gasteiger partial charge is 0.262 e. The number of hydrogen-bond donors (Lipinski definition) is 0. The summed E-state index contributed by atoms with van der Waals surface area (Å²) in [6, 6.07) is 0. The van der Waals surface area contributed by atoms with Crippen molar-refractivity contribution in [2.45, 2.75) is 103 Å². The second kappa shape index (κ2) is 15.9. The minimum absolute atomic E-state index is 0.407.